The molecule has 3 N–H and O–H groups in total. The average Bonchev–Trinajstić information content (AvgIpc) is 2.46. The lowest BCUT2D eigenvalue weighted by atomic mass is 10.0. The Morgan fingerprint density at radius 2 is 1.90 bits per heavy atom. The Morgan fingerprint density at radius 3 is 2.50 bits per heavy atom. The van der Waals surface area contributed by atoms with E-state index in [1.165, 1.54) is 11.1 Å². The number of nitrogens with one attached hydrogen (secondary N) is 1. The third-order valence-electron chi connectivity index (χ3n) is 3.12. The summed E-state index contributed by atoms with van der Waals surface area (Å²) in [5, 5.41) is 3.28. The van der Waals surface area contributed by atoms with Gasteiger partial charge in [-0.1, -0.05) is 56.4 Å². The third-order valence-corrected chi connectivity index (χ3v) is 3.33. The molecule has 3 nitrogen and oxygen atoms in total. The Kier molecular flexibility index (Phi) is 4.69. The van der Waals surface area contributed by atoms with Gasteiger partial charge in [0.15, 0.2) is 0 Å². The lowest BCUT2D eigenvalue weighted by Gasteiger charge is -2.09. The van der Waals surface area contributed by atoms with Crippen molar-refractivity contribution in [2.75, 3.05) is 5.32 Å². The maximum absolute atomic E-state index is 5.58. The molecule has 4 heteroatoms. The number of anilines is 1. The van der Waals surface area contributed by atoms with Gasteiger partial charge in [-0.15, -0.1) is 0 Å². The van der Waals surface area contributed by atoms with Gasteiger partial charge < -0.3 is 11.1 Å². The van der Waals surface area contributed by atoms with Crippen molar-refractivity contribution in [3.63, 3.8) is 0 Å². The minimum atomic E-state index is 0.315. The van der Waals surface area contributed by atoms with E-state index in [1.807, 2.05) is 18.2 Å². The Balaban J connectivity index is 2.01. The predicted octanol–water partition coefficient (Wildman–Crippen LogP) is 3.45. The fourth-order valence-electron chi connectivity index (χ4n) is 1.88. The second-order valence-corrected chi connectivity index (χ2v) is 5.46. The van der Waals surface area contributed by atoms with Gasteiger partial charge in [-0.3, -0.25) is 0 Å². The molecule has 0 radical (unpaired) electrons. The highest BCUT2D eigenvalue weighted by Gasteiger charge is 2.01. The summed E-state index contributed by atoms with van der Waals surface area (Å²) >= 11 is 4.93. The monoisotopic (exact) mass is 285 g/mol. The van der Waals surface area contributed by atoms with Crippen molar-refractivity contribution in [3.8, 4) is 0 Å². The second-order valence-electron chi connectivity index (χ2n) is 5.02. The molecule has 0 aliphatic carbocycles. The Hall–Kier alpha value is -1.94. The first-order chi connectivity index (χ1) is 9.56. The molecule has 0 saturated heterocycles. The molecule has 1 aromatic carbocycles. The van der Waals surface area contributed by atoms with E-state index in [-0.39, 0.29) is 0 Å². The Labute approximate surface area is 125 Å². The van der Waals surface area contributed by atoms with Gasteiger partial charge in [0.05, 0.1) is 5.69 Å². The standard InChI is InChI=1S/C16H19N3S/c1-11(2)13-8-6-12(7-9-13)10-18-15-5-3-4-14(19-15)16(17)20/h3-9,11H,10H2,1-2H3,(H2,17,20)(H,18,19). The number of thiocarbonyl (C=S) groups is 1. The highest BCUT2D eigenvalue weighted by molar-refractivity contribution is 7.80. The van der Waals surface area contributed by atoms with Gasteiger partial charge in [0, 0.05) is 6.54 Å². The number of benzene rings is 1. The van der Waals surface area contributed by atoms with Gasteiger partial charge in [0.1, 0.15) is 10.8 Å². The van der Waals surface area contributed by atoms with E-state index in [1.54, 1.807) is 0 Å². The fourth-order valence-corrected chi connectivity index (χ4v) is 2.00. The number of pyridine rings is 1. The molecule has 0 atom stereocenters. The van der Waals surface area contributed by atoms with E-state index in [2.05, 4.69) is 48.4 Å². The van der Waals surface area contributed by atoms with Crippen molar-refractivity contribution < 1.29 is 0 Å². The van der Waals surface area contributed by atoms with Crippen LogP contribution in [0.3, 0.4) is 0 Å². The highest BCUT2D eigenvalue weighted by atomic mass is 32.1. The molecule has 104 valence electrons. The Bertz CT molecular complexity index is 591. The van der Waals surface area contributed by atoms with Crippen LogP contribution in [0.25, 0.3) is 0 Å². The van der Waals surface area contributed by atoms with Crippen molar-refractivity contribution in [1.29, 1.82) is 0 Å². The van der Waals surface area contributed by atoms with Crippen molar-refractivity contribution in [2.45, 2.75) is 26.3 Å². The van der Waals surface area contributed by atoms with Crippen LogP contribution in [0.15, 0.2) is 42.5 Å². The first-order valence-corrected chi connectivity index (χ1v) is 7.06. The van der Waals surface area contributed by atoms with Crippen LogP contribution in [0.5, 0.6) is 0 Å². The van der Waals surface area contributed by atoms with Crippen molar-refractivity contribution >= 4 is 23.0 Å². The molecule has 0 bridgehead atoms. The van der Waals surface area contributed by atoms with E-state index in [9.17, 15) is 0 Å². The molecule has 0 aliphatic heterocycles. The van der Waals surface area contributed by atoms with Crippen LogP contribution in [-0.4, -0.2) is 9.97 Å². The lowest BCUT2D eigenvalue weighted by Crippen LogP contribution is -2.12. The summed E-state index contributed by atoms with van der Waals surface area (Å²) in [6.07, 6.45) is 0. The molecule has 2 rings (SSSR count). The highest BCUT2D eigenvalue weighted by Crippen LogP contribution is 2.15. The number of aromatic nitrogens is 1. The van der Waals surface area contributed by atoms with E-state index in [0.717, 1.165) is 12.4 Å². The quantitative estimate of drug-likeness (QED) is 0.826. The first kappa shape index (κ1) is 14.5. The van der Waals surface area contributed by atoms with Crippen LogP contribution in [0.4, 0.5) is 5.82 Å². The lowest BCUT2D eigenvalue weighted by molar-refractivity contribution is 0.865. The van der Waals surface area contributed by atoms with E-state index < -0.39 is 0 Å². The SMILES string of the molecule is CC(C)c1ccc(CNc2cccc(C(N)=S)n2)cc1. The zero-order valence-electron chi connectivity index (χ0n) is 11.8. The van der Waals surface area contributed by atoms with Crippen LogP contribution in [-0.2, 0) is 6.54 Å². The van der Waals surface area contributed by atoms with Crippen molar-refractivity contribution in [1.82, 2.24) is 4.98 Å². The molecule has 20 heavy (non-hydrogen) atoms. The molecule has 1 aromatic heterocycles. The van der Waals surface area contributed by atoms with Gasteiger partial charge in [-0.05, 0) is 29.2 Å². The molecule has 0 aliphatic rings. The molecule has 0 saturated carbocycles. The predicted molar refractivity (Wildman–Crippen MR) is 88.0 cm³/mol. The fraction of sp³-hybridized carbons (Fsp3) is 0.250. The van der Waals surface area contributed by atoms with Gasteiger partial charge in [-0.2, -0.15) is 0 Å². The molecule has 2 aromatic rings. The summed E-state index contributed by atoms with van der Waals surface area (Å²) in [6, 6.07) is 14.2. The van der Waals surface area contributed by atoms with E-state index in [4.69, 9.17) is 18.0 Å². The topological polar surface area (TPSA) is 50.9 Å². The molecule has 0 fully saturated rings. The molecular weight excluding hydrogens is 266 g/mol. The maximum atomic E-state index is 5.58. The maximum Gasteiger partial charge on any atom is 0.127 e. The normalized spacial score (nSPS) is 10.6. The van der Waals surface area contributed by atoms with Crippen LogP contribution >= 0.6 is 12.2 Å². The van der Waals surface area contributed by atoms with E-state index >= 15 is 0 Å². The Morgan fingerprint density at radius 1 is 1.20 bits per heavy atom. The van der Waals surface area contributed by atoms with Crippen LogP contribution in [0, 0.1) is 0 Å². The van der Waals surface area contributed by atoms with Gasteiger partial charge in [-0.25, -0.2) is 4.98 Å². The number of hydrogen-bond acceptors (Lipinski definition) is 3. The smallest absolute Gasteiger partial charge is 0.127 e. The zero-order valence-corrected chi connectivity index (χ0v) is 12.6. The average molecular weight is 285 g/mol. The van der Waals surface area contributed by atoms with Crippen LogP contribution < -0.4 is 11.1 Å². The van der Waals surface area contributed by atoms with Gasteiger partial charge in [0.2, 0.25) is 0 Å². The summed E-state index contributed by atoms with van der Waals surface area (Å²) in [7, 11) is 0. The molecule has 0 spiro atoms. The summed E-state index contributed by atoms with van der Waals surface area (Å²) in [5.74, 6) is 1.34. The third kappa shape index (κ3) is 3.78. The molecule has 1 heterocycles. The minimum absolute atomic E-state index is 0.315. The van der Waals surface area contributed by atoms with Gasteiger partial charge >= 0.3 is 0 Å². The summed E-state index contributed by atoms with van der Waals surface area (Å²) in [5.41, 5.74) is 8.78. The van der Waals surface area contributed by atoms with Crippen molar-refractivity contribution in [2.24, 2.45) is 5.73 Å². The number of rotatable bonds is 5. The summed E-state index contributed by atoms with van der Waals surface area (Å²) < 4.78 is 0. The molecule has 0 unspecified atom stereocenters. The number of hydrogen-bond donors (Lipinski definition) is 2. The minimum Gasteiger partial charge on any atom is -0.388 e. The largest absolute Gasteiger partial charge is 0.388 e. The van der Waals surface area contributed by atoms with Gasteiger partial charge in [0.25, 0.3) is 0 Å². The number of nitrogens with two attached hydrogens (primary N) is 1. The van der Waals surface area contributed by atoms with Crippen LogP contribution in [0.2, 0.25) is 0 Å². The molecular formula is C16H19N3S. The van der Waals surface area contributed by atoms with Crippen LogP contribution in [0.1, 0.15) is 36.6 Å². The summed E-state index contributed by atoms with van der Waals surface area (Å²) in [6.45, 7) is 5.11. The first-order valence-electron chi connectivity index (χ1n) is 6.66. The second kappa shape index (κ2) is 6.48. The molecule has 0 amide bonds. The van der Waals surface area contributed by atoms with Crippen molar-refractivity contribution in [3.05, 3.63) is 59.3 Å². The zero-order chi connectivity index (χ0) is 14.5. The number of nitrogens with zero attached hydrogens (tertiary/aromatic N) is 1. The van der Waals surface area contributed by atoms with E-state index in [0.29, 0.717) is 16.6 Å². The summed E-state index contributed by atoms with van der Waals surface area (Å²) in [4.78, 5) is 4.67.